The quantitative estimate of drug-likeness (QED) is 0.852. The van der Waals surface area contributed by atoms with E-state index < -0.39 is 5.91 Å². The fourth-order valence-electron chi connectivity index (χ4n) is 1.65. The van der Waals surface area contributed by atoms with Crippen molar-refractivity contribution in [3.63, 3.8) is 0 Å². The van der Waals surface area contributed by atoms with Crippen LogP contribution in [0.4, 0.5) is 5.69 Å². The van der Waals surface area contributed by atoms with Crippen molar-refractivity contribution >= 4 is 35.2 Å². The Hall–Kier alpha value is -2.59. The third-order valence-electron chi connectivity index (χ3n) is 2.73. The van der Waals surface area contributed by atoms with E-state index in [1.54, 1.807) is 42.5 Å². The molecule has 2 rings (SSSR count). The molecule has 0 radical (unpaired) electrons. The van der Waals surface area contributed by atoms with E-state index in [-0.39, 0.29) is 5.91 Å². The van der Waals surface area contributed by atoms with E-state index >= 15 is 0 Å². The van der Waals surface area contributed by atoms with E-state index in [9.17, 15) is 9.59 Å². The van der Waals surface area contributed by atoms with Crippen LogP contribution in [0.25, 0.3) is 6.08 Å². The van der Waals surface area contributed by atoms with E-state index in [4.69, 9.17) is 17.3 Å². The monoisotopic (exact) mass is 300 g/mol. The lowest BCUT2D eigenvalue weighted by molar-refractivity contribution is -0.111. The van der Waals surface area contributed by atoms with Crippen molar-refractivity contribution in [3.8, 4) is 0 Å². The highest BCUT2D eigenvalue weighted by Crippen LogP contribution is 2.12. The zero-order valence-electron chi connectivity index (χ0n) is 11.0. The SMILES string of the molecule is NC(=O)c1ccc(NC(=O)C=Cc2ccc(Cl)cc2)cc1. The van der Waals surface area contributed by atoms with E-state index in [1.165, 1.54) is 6.08 Å². The summed E-state index contributed by atoms with van der Waals surface area (Å²) in [5.74, 6) is -0.771. The van der Waals surface area contributed by atoms with E-state index in [0.717, 1.165) is 5.56 Å². The molecule has 106 valence electrons. The molecule has 2 aromatic carbocycles. The molecule has 0 saturated heterocycles. The van der Waals surface area contributed by atoms with Crippen molar-refractivity contribution in [1.29, 1.82) is 0 Å². The predicted molar refractivity (Wildman–Crippen MR) is 84.1 cm³/mol. The normalized spacial score (nSPS) is 10.5. The second-order valence-electron chi connectivity index (χ2n) is 4.32. The van der Waals surface area contributed by atoms with Gasteiger partial charge in [-0.15, -0.1) is 0 Å². The first-order valence-corrected chi connectivity index (χ1v) is 6.57. The molecule has 2 aromatic rings. The number of carbonyl (C=O) groups excluding carboxylic acids is 2. The molecule has 2 amide bonds. The summed E-state index contributed by atoms with van der Waals surface area (Å²) >= 11 is 5.78. The van der Waals surface area contributed by atoms with Gasteiger partial charge in [0.05, 0.1) is 0 Å². The fourth-order valence-corrected chi connectivity index (χ4v) is 1.77. The van der Waals surface area contributed by atoms with Crippen LogP contribution in [-0.4, -0.2) is 11.8 Å². The molecule has 0 aliphatic rings. The van der Waals surface area contributed by atoms with Gasteiger partial charge in [0, 0.05) is 22.3 Å². The molecule has 5 heteroatoms. The first-order valence-electron chi connectivity index (χ1n) is 6.19. The second kappa shape index (κ2) is 6.72. The molecule has 0 atom stereocenters. The number of nitrogens with one attached hydrogen (secondary N) is 1. The Kier molecular flexibility index (Phi) is 4.74. The third-order valence-corrected chi connectivity index (χ3v) is 2.99. The third kappa shape index (κ3) is 4.47. The van der Waals surface area contributed by atoms with Gasteiger partial charge < -0.3 is 11.1 Å². The van der Waals surface area contributed by atoms with Gasteiger partial charge in [-0.25, -0.2) is 0 Å². The van der Waals surface area contributed by atoms with Crippen molar-refractivity contribution < 1.29 is 9.59 Å². The maximum atomic E-state index is 11.8. The van der Waals surface area contributed by atoms with Gasteiger partial charge >= 0.3 is 0 Å². The number of carbonyl (C=O) groups is 2. The van der Waals surface area contributed by atoms with E-state index in [0.29, 0.717) is 16.3 Å². The van der Waals surface area contributed by atoms with Gasteiger partial charge in [-0.05, 0) is 48.0 Å². The lowest BCUT2D eigenvalue weighted by Gasteiger charge is -2.02. The van der Waals surface area contributed by atoms with Crippen molar-refractivity contribution in [1.82, 2.24) is 0 Å². The van der Waals surface area contributed by atoms with Gasteiger partial charge in [0.1, 0.15) is 0 Å². The first kappa shape index (κ1) is 14.8. The van der Waals surface area contributed by atoms with Gasteiger partial charge in [0.25, 0.3) is 0 Å². The van der Waals surface area contributed by atoms with Gasteiger partial charge in [0.2, 0.25) is 11.8 Å². The summed E-state index contributed by atoms with van der Waals surface area (Å²) in [6, 6.07) is 13.5. The molecule has 0 fully saturated rings. The van der Waals surface area contributed by atoms with Gasteiger partial charge in [-0.1, -0.05) is 23.7 Å². The van der Waals surface area contributed by atoms with Crippen LogP contribution in [0, 0.1) is 0 Å². The van der Waals surface area contributed by atoms with Crippen molar-refractivity contribution in [3.05, 3.63) is 70.8 Å². The minimum atomic E-state index is -0.504. The number of rotatable bonds is 4. The molecule has 0 unspecified atom stereocenters. The zero-order chi connectivity index (χ0) is 15.2. The van der Waals surface area contributed by atoms with Crippen LogP contribution in [0.5, 0.6) is 0 Å². The van der Waals surface area contributed by atoms with Crippen LogP contribution in [0.3, 0.4) is 0 Å². The molecule has 4 nitrogen and oxygen atoms in total. The molecule has 0 aliphatic carbocycles. The van der Waals surface area contributed by atoms with Crippen LogP contribution in [0.1, 0.15) is 15.9 Å². The minimum Gasteiger partial charge on any atom is -0.366 e. The Morgan fingerprint density at radius 3 is 2.19 bits per heavy atom. The number of hydrogen-bond donors (Lipinski definition) is 2. The van der Waals surface area contributed by atoms with Crippen LogP contribution >= 0.6 is 11.6 Å². The Labute approximate surface area is 127 Å². The molecule has 0 bridgehead atoms. The molecule has 0 aliphatic heterocycles. The highest BCUT2D eigenvalue weighted by atomic mass is 35.5. The average molecular weight is 301 g/mol. The Bertz CT molecular complexity index is 676. The fraction of sp³-hybridized carbons (Fsp3) is 0. The summed E-state index contributed by atoms with van der Waals surface area (Å²) in [4.78, 5) is 22.7. The maximum absolute atomic E-state index is 11.8. The lowest BCUT2D eigenvalue weighted by Crippen LogP contribution is -2.11. The standard InChI is InChI=1S/C16H13ClN2O2/c17-13-6-1-11(2-7-13)3-10-15(20)19-14-8-4-12(5-9-14)16(18)21/h1-10H,(H2,18,21)(H,19,20). The predicted octanol–water partition coefficient (Wildman–Crippen LogP) is 3.09. The summed E-state index contributed by atoms with van der Waals surface area (Å²) in [7, 11) is 0. The second-order valence-corrected chi connectivity index (χ2v) is 4.75. The van der Waals surface area contributed by atoms with E-state index in [2.05, 4.69) is 5.32 Å². The highest BCUT2D eigenvalue weighted by molar-refractivity contribution is 6.30. The number of benzene rings is 2. The van der Waals surface area contributed by atoms with E-state index in [1.807, 2.05) is 12.1 Å². The molecule has 0 heterocycles. The Morgan fingerprint density at radius 1 is 1.00 bits per heavy atom. The molecule has 21 heavy (non-hydrogen) atoms. The molecule has 0 spiro atoms. The Balaban J connectivity index is 1.98. The summed E-state index contributed by atoms with van der Waals surface area (Å²) in [5.41, 5.74) is 7.00. The zero-order valence-corrected chi connectivity index (χ0v) is 11.8. The van der Waals surface area contributed by atoms with Crippen LogP contribution in [0.15, 0.2) is 54.6 Å². The topological polar surface area (TPSA) is 72.2 Å². The average Bonchev–Trinajstić information content (AvgIpc) is 2.47. The van der Waals surface area contributed by atoms with Crippen molar-refractivity contribution in [2.45, 2.75) is 0 Å². The number of hydrogen-bond acceptors (Lipinski definition) is 2. The number of amides is 2. The summed E-state index contributed by atoms with van der Waals surface area (Å²) in [5, 5.41) is 3.33. The van der Waals surface area contributed by atoms with Crippen molar-refractivity contribution in [2.75, 3.05) is 5.32 Å². The molecular formula is C16H13ClN2O2. The largest absolute Gasteiger partial charge is 0.366 e. The Morgan fingerprint density at radius 2 is 1.62 bits per heavy atom. The smallest absolute Gasteiger partial charge is 0.248 e. The van der Waals surface area contributed by atoms with Gasteiger partial charge in [0.15, 0.2) is 0 Å². The number of anilines is 1. The van der Waals surface area contributed by atoms with Crippen molar-refractivity contribution in [2.24, 2.45) is 5.73 Å². The summed E-state index contributed by atoms with van der Waals surface area (Å²) < 4.78 is 0. The summed E-state index contributed by atoms with van der Waals surface area (Å²) in [6.45, 7) is 0. The number of halogens is 1. The lowest BCUT2D eigenvalue weighted by atomic mass is 10.2. The minimum absolute atomic E-state index is 0.267. The summed E-state index contributed by atoms with van der Waals surface area (Å²) in [6.07, 6.45) is 3.11. The van der Waals surface area contributed by atoms with Crippen LogP contribution in [-0.2, 0) is 4.79 Å². The maximum Gasteiger partial charge on any atom is 0.248 e. The number of primary amides is 1. The molecular weight excluding hydrogens is 288 g/mol. The van der Waals surface area contributed by atoms with Crippen LogP contribution in [0.2, 0.25) is 5.02 Å². The first-order chi connectivity index (χ1) is 10.0. The molecule has 0 aromatic heterocycles. The van der Waals surface area contributed by atoms with Gasteiger partial charge in [-0.3, -0.25) is 9.59 Å². The van der Waals surface area contributed by atoms with Gasteiger partial charge in [-0.2, -0.15) is 0 Å². The molecule has 3 N–H and O–H groups in total. The van der Waals surface area contributed by atoms with Crippen LogP contribution < -0.4 is 11.1 Å². The molecule has 0 saturated carbocycles. The highest BCUT2D eigenvalue weighted by Gasteiger charge is 2.01. The number of nitrogens with two attached hydrogens (primary N) is 1.